The quantitative estimate of drug-likeness (QED) is 0.0649. The molecule has 0 spiro atoms. The highest BCUT2D eigenvalue weighted by Crippen LogP contribution is 2.34. The third kappa shape index (κ3) is 12.8. The zero-order valence-electron chi connectivity index (χ0n) is 35.6. The normalized spacial score (nSPS) is 44.2. The van der Waals surface area contributed by atoms with Crippen LogP contribution in [-0.4, -0.2) is 187 Å². The molecule has 21 atom stereocenters. The second-order valence-electron chi connectivity index (χ2n) is 16.7. The van der Waals surface area contributed by atoms with Crippen molar-refractivity contribution in [1.29, 1.82) is 0 Å². The fraction of sp³-hybridized carbons (Fsp3) is 0.829. The monoisotopic (exact) mass is 864 g/mol. The summed E-state index contributed by atoms with van der Waals surface area (Å²) in [6.45, 7) is 16.6. The maximum atomic E-state index is 11.4. The highest BCUT2D eigenvalue weighted by molar-refractivity contribution is 5.66. The number of rotatable bonds is 17. The second kappa shape index (κ2) is 22.1. The minimum absolute atomic E-state index is 0.122. The van der Waals surface area contributed by atoms with Gasteiger partial charge in [-0.15, -0.1) is 6.58 Å². The maximum Gasteiger partial charge on any atom is 0.303 e. The van der Waals surface area contributed by atoms with Crippen LogP contribution in [0.25, 0.3) is 0 Å². The summed E-state index contributed by atoms with van der Waals surface area (Å²) in [7, 11) is 0. The van der Waals surface area contributed by atoms with E-state index < -0.39 is 134 Å². The molecule has 60 heavy (non-hydrogen) atoms. The molecule has 0 aromatic carbocycles. The van der Waals surface area contributed by atoms with Crippen molar-refractivity contribution >= 4 is 5.97 Å². The average molecular weight is 865 g/mol. The molecule has 9 N–H and O–H groups in total. The smallest absolute Gasteiger partial charge is 0.303 e. The molecule has 19 heteroatoms. The molecule has 4 fully saturated rings. The first-order chi connectivity index (χ1) is 28.1. The van der Waals surface area contributed by atoms with Gasteiger partial charge < -0.3 is 88.6 Å². The third-order valence-corrected chi connectivity index (χ3v) is 11.4. The van der Waals surface area contributed by atoms with Crippen molar-refractivity contribution in [3.05, 3.63) is 36.0 Å². The van der Waals surface area contributed by atoms with E-state index in [9.17, 15) is 50.8 Å². The molecule has 0 aromatic heterocycles. The van der Waals surface area contributed by atoms with Crippen molar-refractivity contribution in [2.75, 3.05) is 6.61 Å². The summed E-state index contributed by atoms with van der Waals surface area (Å²) in [6, 6.07) is 0. The Morgan fingerprint density at radius 3 is 1.37 bits per heavy atom. The van der Waals surface area contributed by atoms with E-state index in [0.717, 1.165) is 31.8 Å². The van der Waals surface area contributed by atoms with Crippen molar-refractivity contribution < 1.29 is 93.4 Å². The summed E-state index contributed by atoms with van der Waals surface area (Å²) in [5, 5.41) is 97.5. The van der Waals surface area contributed by atoms with Gasteiger partial charge in [0.25, 0.3) is 0 Å². The zero-order valence-corrected chi connectivity index (χ0v) is 35.6. The Balaban J connectivity index is 1.26. The van der Waals surface area contributed by atoms with Crippen LogP contribution in [0.3, 0.4) is 0 Å². The van der Waals surface area contributed by atoms with E-state index >= 15 is 0 Å². The van der Waals surface area contributed by atoms with E-state index in [2.05, 4.69) is 12.7 Å². The third-order valence-electron chi connectivity index (χ3n) is 11.4. The van der Waals surface area contributed by atoms with E-state index in [1.54, 1.807) is 13.8 Å². The standard InChI is InChI=1S/C41H68O19/c1-10-41(9,51)16-12-15-18(2)13-11-14-19(3)17-52-37-29(47)25(43)34(21(5)53-37)58-39-31(49)27(45)36(23(7)55-39)60-40-32(50)28(46)35(22(6)56-40)59-38-30(48)26(44)33(20(4)54-38)57-24(8)42/h10,14-15,20-23,25-40,43-51H,1,11-13,16-17H2,2-9H3/b18-15+,19-14+. The number of aliphatic hydroxyl groups excluding tert-OH is 8. The number of hydrogen-bond donors (Lipinski definition) is 9. The van der Waals surface area contributed by atoms with Crippen molar-refractivity contribution in [3.63, 3.8) is 0 Å². The number of hydrogen-bond acceptors (Lipinski definition) is 19. The lowest BCUT2D eigenvalue weighted by Crippen LogP contribution is -2.66. The van der Waals surface area contributed by atoms with Gasteiger partial charge in [0.05, 0.1) is 36.6 Å². The largest absolute Gasteiger partial charge is 0.457 e. The van der Waals surface area contributed by atoms with Crippen LogP contribution in [0.5, 0.6) is 0 Å². The topological polar surface area (TPSA) is 282 Å². The number of ether oxygens (including phenoxy) is 9. The second-order valence-corrected chi connectivity index (χ2v) is 16.7. The summed E-state index contributed by atoms with van der Waals surface area (Å²) < 4.78 is 51.5. The van der Waals surface area contributed by atoms with Crippen LogP contribution in [-0.2, 0) is 47.4 Å². The maximum absolute atomic E-state index is 11.4. The minimum Gasteiger partial charge on any atom is -0.457 e. The number of allylic oxidation sites excluding steroid dienone is 3. The molecule has 0 radical (unpaired) electrons. The number of aliphatic hydroxyl groups is 9. The highest BCUT2D eigenvalue weighted by Gasteiger charge is 2.54. The molecule has 0 saturated carbocycles. The SMILES string of the molecule is C=CC(C)(O)CC/C=C(\C)CC/C=C(\C)COC1OC(C)C(OC2OC(C)C(OC3OC(C)C(OC4OC(C)C(OC(C)=O)C(O)C4O)C(O)C3O)C(O)C2O)C(O)C1O. The molecule has 4 aliphatic rings. The number of carbonyl (C=O) groups is 1. The Bertz CT molecular complexity index is 1440. The molecule has 0 aliphatic carbocycles. The molecule has 19 nitrogen and oxygen atoms in total. The molecule has 0 aromatic rings. The fourth-order valence-corrected chi connectivity index (χ4v) is 7.51. The average Bonchev–Trinajstić information content (AvgIpc) is 3.18. The summed E-state index contributed by atoms with van der Waals surface area (Å²) >= 11 is 0. The van der Waals surface area contributed by atoms with Gasteiger partial charge in [-0.3, -0.25) is 4.79 Å². The van der Waals surface area contributed by atoms with Gasteiger partial charge in [0, 0.05) is 6.92 Å². The van der Waals surface area contributed by atoms with Gasteiger partial charge in [-0.1, -0.05) is 29.4 Å². The van der Waals surface area contributed by atoms with Crippen molar-refractivity contribution in [1.82, 2.24) is 0 Å². The Kier molecular flexibility index (Phi) is 18.6. The van der Waals surface area contributed by atoms with Crippen molar-refractivity contribution in [3.8, 4) is 0 Å². The molecular weight excluding hydrogens is 796 g/mol. The van der Waals surface area contributed by atoms with Crippen LogP contribution < -0.4 is 0 Å². The van der Waals surface area contributed by atoms with Gasteiger partial charge >= 0.3 is 5.97 Å². The summed E-state index contributed by atoms with van der Waals surface area (Å²) in [5.41, 5.74) is 1.17. The predicted octanol–water partition coefficient (Wildman–Crippen LogP) is -0.653. The first-order valence-corrected chi connectivity index (χ1v) is 20.6. The fourth-order valence-electron chi connectivity index (χ4n) is 7.51. The highest BCUT2D eigenvalue weighted by atomic mass is 16.8. The molecule has 4 heterocycles. The molecule has 0 amide bonds. The lowest BCUT2D eigenvalue weighted by Gasteiger charge is -2.48. The first kappa shape index (κ1) is 50.7. The zero-order chi connectivity index (χ0) is 44.8. The van der Waals surface area contributed by atoms with Crippen LogP contribution in [0, 0.1) is 0 Å². The molecule has 4 aliphatic heterocycles. The van der Waals surface area contributed by atoms with Crippen LogP contribution in [0.1, 0.15) is 81.1 Å². The van der Waals surface area contributed by atoms with Crippen LogP contribution >= 0.6 is 0 Å². The minimum atomic E-state index is -1.79. The predicted molar refractivity (Wildman–Crippen MR) is 208 cm³/mol. The van der Waals surface area contributed by atoms with Gasteiger partial charge in [0.2, 0.25) is 0 Å². The summed E-state index contributed by atoms with van der Waals surface area (Å²) in [5.74, 6) is -0.694. The van der Waals surface area contributed by atoms with Crippen LogP contribution in [0.15, 0.2) is 36.0 Å². The first-order valence-electron chi connectivity index (χ1n) is 20.6. The van der Waals surface area contributed by atoms with Gasteiger partial charge in [-0.05, 0) is 74.1 Å². The Morgan fingerprint density at radius 1 is 0.583 bits per heavy atom. The summed E-state index contributed by atoms with van der Waals surface area (Å²) in [6.07, 6.45) is -19.5. The Morgan fingerprint density at radius 2 is 0.950 bits per heavy atom. The van der Waals surface area contributed by atoms with Gasteiger partial charge in [0.1, 0.15) is 67.1 Å². The molecule has 0 bridgehead atoms. The molecule has 346 valence electrons. The van der Waals surface area contributed by atoms with Crippen molar-refractivity contribution in [2.24, 2.45) is 0 Å². The van der Waals surface area contributed by atoms with Crippen LogP contribution in [0.2, 0.25) is 0 Å². The molecule has 4 saturated heterocycles. The van der Waals surface area contributed by atoms with Crippen molar-refractivity contribution in [2.45, 2.75) is 209 Å². The Labute approximate surface area is 351 Å². The lowest BCUT2D eigenvalue weighted by molar-refractivity contribution is -0.381. The van der Waals surface area contributed by atoms with E-state index in [4.69, 9.17) is 42.6 Å². The number of carbonyl (C=O) groups excluding carboxylic acids is 1. The van der Waals surface area contributed by atoms with Gasteiger partial charge in [-0.25, -0.2) is 0 Å². The van der Waals surface area contributed by atoms with E-state index in [1.165, 1.54) is 32.4 Å². The Hall–Kier alpha value is -1.99. The van der Waals surface area contributed by atoms with Gasteiger partial charge in [0.15, 0.2) is 31.3 Å². The van der Waals surface area contributed by atoms with E-state index in [-0.39, 0.29) is 6.61 Å². The molecular formula is C41H68O19. The lowest BCUT2D eigenvalue weighted by atomic mass is 9.96. The molecule has 21 unspecified atom stereocenters. The van der Waals surface area contributed by atoms with Gasteiger partial charge in [-0.2, -0.15) is 0 Å². The number of esters is 1. The summed E-state index contributed by atoms with van der Waals surface area (Å²) in [4.78, 5) is 11.4. The molecule has 4 rings (SSSR count). The van der Waals surface area contributed by atoms with E-state index in [0.29, 0.717) is 6.42 Å². The van der Waals surface area contributed by atoms with Crippen LogP contribution in [0.4, 0.5) is 0 Å². The van der Waals surface area contributed by atoms with E-state index in [1.807, 2.05) is 19.9 Å².